The highest BCUT2D eigenvalue weighted by atomic mass is 35.5. The van der Waals surface area contributed by atoms with Crippen LogP contribution in [-0.2, 0) is 4.79 Å². The van der Waals surface area contributed by atoms with Gasteiger partial charge in [-0.1, -0.05) is 23.7 Å². The van der Waals surface area contributed by atoms with E-state index < -0.39 is 5.92 Å². The van der Waals surface area contributed by atoms with Gasteiger partial charge in [0.2, 0.25) is 0 Å². The number of carbonyl (C=O) groups excluding carboxylic acids is 1. The molecule has 0 unspecified atom stereocenters. The monoisotopic (exact) mass is 316 g/mol. The van der Waals surface area contributed by atoms with Gasteiger partial charge in [0, 0.05) is 22.0 Å². The van der Waals surface area contributed by atoms with Crippen molar-refractivity contribution in [2.24, 2.45) is 5.92 Å². The fourth-order valence-electron chi connectivity index (χ4n) is 2.57. The maximum Gasteiger partial charge on any atom is 0.160 e. The number of nitriles is 1. The number of hydrogen-bond donors (Lipinski definition) is 0. The summed E-state index contributed by atoms with van der Waals surface area (Å²) in [4.78, 5) is 16.8. The lowest BCUT2D eigenvalue weighted by atomic mass is 9.99. The van der Waals surface area contributed by atoms with Gasteiger partial charge in [0.1, 0.15) is 5.01 Å². The molecule has 2 aromatic rings. The van der Waals surface area contributed by atoms with Gasteiger partial charge < -0.3 is 0 Å². The maximum atomic E-state index is 12.5. The molecule has 21 heavy (non-hydrogen) atoms. The molecule has 1 fully saturated rings. The number of carbonyl (C=O) groups is 1. The zero-order chi connectivity index (χ0) is 15.0. The number of aryl methyl sites for hydroxylation is 1. The molecule has 5 heteroatoms. The zero-order valence-electron chi connectivity index (χ0n) is 11.4. The summed E-state index contributed by atoms with van der Waals surface area (Å²) in [6.45, 7) is 1.87. The Morgan fingerprint density at radius 3 is 3.00 bits per heavy atom. The number of hydrogen-bond acceptors (Lipinski definition) is 4. The highest BCUT2D eigenvalue weighted by Gasteiger charge is 2.47. The molecule has 0 saturated heterocycles. The van der Waals surface area contributed by atoms with E-state index in [1.54, 1.807) is 0 Å². The Balaban J connectivity index is 1.76. The van der Waals surface area contributed by atoms with Gasteiger partial charge in [-0.3, -0.25) is 4.79 Å². The third kappa shape index (κ3) is 2.85. The minimum absolute atomic E-state index is 0.0168. The Kier molecular flexibility index (Phi) is 3.79. The van der Waals surface area contributed by atoms with Gasteiger partial charge >= 0.3 is 0 Å². The van der Waals surface area contributed by atoms with E-state index in [-0.39, 0.29) is 17.6 Å². The molecule has 1 saturated carbocycles. The SMILES string of the molecule is Cc1csc([C@H](C#N)C(=O)[C@H]2C[C@H]2c2cccc(Cl)c2)n1. The molecule has 3 rings (SSSR count). The Morgan fingerprint density at radius 2 is 2.38 bits per heavy atom. The number of aromatic nitrogens is 1. The number of nitrogens with zero attached hydrogens (tertiary/aromatic N) is 2. The molecule has 0 N–H and O–H groups in total. The summed E-state index contributed by atoms with van der Waals surface area (Å²) in [6.07, 6.45) is 0.793. The van der Waals surface area contributed by atoms with E-state index in [2.05, 4.69) is 11.1 Å². The zero-order valence-corrected chi connectivity index (χ0v) is 13.0. The van der Waals surface area contributed by atoms with E-state index in [1.807, 2.05) is 36.6 Å². The summed E-state index contributed by atoms with van der Waals surface area (Å²) in [7, 11) is 0. The summed E-state index contributed by atoms with van der Waals surface area (Å²) in [6, 6.07) is 9.70. The molecule has 0 aliphatic heterocycles. The minimum Gasteiger partial charge on any atom is -0.297 e. The summed E-state index contributed by atoms with van der Waals surface area (Å²) in [5.74, 6) is -0.653. The van der Waals surface area contributed by atoms with Crippen LogP contribution in [0, 0.1) is 24.2 Å². The van der Waals surface area contributed by atoms with Crippen molar-refractivity contribution >= 4 is 28.7 Å². The summed E-state index contributed by atoms with van der Waals surface area (Å²) in [5, 5.41) is 12.5. The van der Waals surface area contributed by atoms with Crippen LogP contribution in [-0.4, -0.2) is 10.8 Å². The molecule has 106 valence electrons. The minimum atomic E-state index is -0.738. The van der Waals surface area contributed by atoms with Crippen LogP contribution in [0.4, 0.5) is 0 Å². The van der Waals surface area contributed by atoms with Crippen LogP contribution in [0.2, 0.25) is 5.02 Å². The van der Waals surface area contributed by atoms with E-state index in [4.69, 9.17) is 11.6 Å². The van der Waals surface area contributed by atoms with Crippen molar-refractivity contribution in [2.45, 2.75) is 25.2 Å². The van der Waals surface area contributed by atoms with Gasteiger partial charge in [-0.25, -0.2) is 4.98 Å². The second kappa shape index (κ2) is 5.59. The molecule has 1 aliphatic carbocycles. The molecular formula is C16H13ClN2OS. The van der Waals surface area contributed by atoms with E-state index in [9.17, 15) is 10.1 Å². The van der Waals surface area contributed by atoms with Gasteiger partial charge in [0.25, 0.3) is 0 Å². The highest BCUT2D eigenvalue weighted by Crippen LogP contribution is 2.50. The Bertz CT molecular complexity index is 734. The van der Waals surface area contributed by atoms with Crippen LogP contribution in [0.15, 0.2) is 29.6 Å². The van der Waals surface area contributed by atoms with Gasteiger partial charge in [-0.15, -0.1) is 11.3 Å². The molecule has 0 spiro atoms. The summed E-state index contributed by atoms with van der Waals surface area (Å²) < 4.78 is 0. The van der Waals surface area contributed by atoms with Crippen molar-refractivity contribution in [1.82, 2.24) is 4.98 Å². The van der Waals surface area contributed by atoms with Crippen molar-refractivity contribution in [1.29, 1.82) is 5.26 Å². The molecule has 1 aromatic heterocycles. The first kappa shape index (κ1) is 14.2. The van der Waals surface area contributed by atoms with Gasteiger partial charge in [-0.2, -0.15) is 5.26 Å². The quantitative estimate of drug-likeness (QED) is 0.853. The lowest BCUT2D eigenvalue weighted by Gasteiger charge is -2.05. The predicted octanol–water partition coefficient (Wildman–Crippen LogP) is 4.08. The Morgan fingerprint density at radius 1 is 1.57 bits per heavy atom. The van der Waals surface area contributed by atoms with Crippen LogP contribution >= 0.6 is 22.9 Å². The Hall–Kier alpha value is -1.70. The van der Waals surface area contributed by atoms with E-state index in [0.29, 0.717) is 10.0 Å². The lowest BCUT2D eigenvalue weighted by Crippen LogP contribution is -2.13. The number of Topliss-reactive ketones (excluding diaryl/α,β-unsaturated/α-hetero) is 1. The van der Waals surface area contributed by atoms with Gasteiger partial charge in [-0.05, 0) is 37.0 Å². The first-order valence-corrected chi connectivity index (χ1v) is 7.96. The predicted molar refractivity (Wildman–Crippen MR) is 82.5 cm³/mol. The smallest absolute Gasteiger partial charge is 0.160 e. The number of rotatable bonds is 4. The molecule has 0 radical (unpaired) electrons. The third-order valence-corrected chi connectivity index (χ3v) is 4.99. The second-order valence-corrected chi connectivity index (χ2v) is 6.62. The largest absolute Gasteiger partial charge is 0.297 e. The van der Waals surface area contributed by atoms with Crippen molar-refractivity contribution in [3.8, 4) is 6.07 Å². The number of ketones is 1. The first-order chi connectivity index (χ1) is 10.1. The average Bonchev–Trinajstić information content (AvgIpc) is 3.16. The molecule has 3 atom stereocenters. The lowest BCUT2D eigenvalue weighted by molar-refractivity contribution is -0.120. The van der Waals surface area contributed by atoms with Crippen LogP contribution in [0.25, 0.3) is 0 Å². The van der Waals surface area contributed by atoms with Crippen LogP contribution in [0.3, 0.4) is 0 Å². The van der Waals surface area contributed by atoms with E-state index in [1.165, 1.54) is 11.3 Å². The molecular weight excluding hydrogens is 304 g/mol. The number of halogens is 1. The second-order valence-electron chi connectivity index (χ2n) is 5.30. The van der Waals surface area contributed by atoms with Crippen molar-refractivity contribution in [3.63, 3.8) is 0 Å². The average molecular weight is 317 g/mol. The molecule has 0 amide bonds. The third-order valence-electron chi connectivity index (χ3n) is 3.73. The molecule has 1 heterocycles. The van der Waals surface area contributed by atoms with E-state index >= 15 is 0 Å². The first-order valence-electron chi connectivity index (χ1n) is 6.71. The number of benzene rings is 1. The van der Waals surface area contributed by atoms with Crippen molar-refractivity contribution < 1.29 is 4.79 Å². The summed E-state index contributed by atoms with van der Waals surface area (Å²) in [5.41, 5.74) is 1.93. The molecule has 1 aliphatic rings. The molecule has 0 bridgehead atoms. The fourth-order valence-corrected chi connectivity index (χ4v) is 3.62. The normalized spacial score (nSPS) is 21.6. The van der Waals surface area contributed by atoms with Crippen LogP contribution < -0.4 is 0 Å². The van der Waals surface area contributed by atoms with Gasteiger partial charge in [0.05, 0.1) is 6.07 Å². The van der Waals surface area contributed by atoms with Crippen LogP contribution in [0.5, 0.6) is 0 Å². The maximum absolute atomic E-state index is 12.5. The standard InChI is InChI=1S/C16H13ClN2OS/c1-9-8-21-16(19-9)14(7-18)15(20)13-6-12(13)10-3-2-4-11(17)5-10/h2-5,8,12-14H,6H2,1H3/t12-,13-,14+/m0/s1. The van der Waals surface area contributed by atoms with Crippen LogP contribution in [0.1, 0.15) is 34.5 Å². The molecule has 3 nitrogen and oxygen atoms in total. The highest BCUT2D eigenvalue weighted by molar-refractivity contribution is 7.09. The number of thiazole rings is 1. The Labute approximate surface area is 132 Å². The fraction of sp³-hybridized carbons (Fsp3) is 0.312. The van der Waals surface area contributed by atoms with E-state index in [0.717, 1.165) is 17.7 Å². The van der Waals surface area contributed by atoms with Gasteiger partial charge in [0.15, 0.2) is 11.7 Å². The van der Waals surface area contributed by atoms with Crippen molar-refractivity contribution in [3.05, 3.63) is 50.9 Å². The molecule has 1 aromatic carbocycles. The summed E-state index contributed by atoms with van der Waals surface area (Å²) >= 11 is 7.37. The topological polar surface area (TPSA) is 53.8 Å². The van der Waals surface area contributed by atoms with Crippen molar-refractivity contribution in [2.75, 3.05) is 0 Å².